The summed E-state index contributed by atoms with van der Waals surface area (Å²) in [4.78, 5) is 10.1. The molecule has 0 amide bonds. The second-order valence-corrected chi connectivity index (χ2v) is 10.8. The van der Waals surface area contributed by atoms with Gasteiger partial charge in [-0.25, -0.2) is 9.97 Å². The summed E-state index contributed by atoms with van der Waals surface area (Å²) in [5.74, 6) is 0.712. The van der Waals surface area contributed by atoms with E-state index in [0.717, 1.165) is 33.8 Å². The molecule has 4 heteroatoms. The van der Waals surface area contributed by atoms with Crippen LogP contribution in [0.25, 0.3) is 71.5 Å². The minimum absolute atomic E-state index is 0.712. The molecule has 3 nitrogen and oxygen atoms in total. The maximum absolute atomic E-state index is 5.06. The third-order valence-corrected chi connectivity index (χ3v) is 8.43. The highest BCUT2D eigenvalue weighted by Crippen LogP contribution is 2.39. The molecule has 0 aliphatic carbocycles. The number of fused-ring (bicyclic) bond motifs is 5. The molecule has 3 aromatic heterocycles. The van der Waals surface area contributed by atoms with Gasteiger partial charge in [-0.3, -0.25) is 0 Å². The fourth-order valence-electron chi connectivity index (χ4n) is 5.63. The van der Waals surface area contributed by atoms with Crippen LogP contribution in [0.1, 0.15) is 0 Å². The number of para-hydroxylation sites is 1. The van der Waals surface area contributed by atoms with E-state index in [2.05, 4.69) is 107 Å². The van der Waals surface area contributed by atoms with E-state index in [0.29, 0.717) is 5.82 Å². The van der Waals surface area contributed by atoms with Crippen LogP contribution in [0.3, 0.4) is 0 Å². The van der Waals surface area contributed by atoms with E-state index < -0.39 is 0 Å². The van der Waals surface area contributed by atoms with Crippen LogP contribution >= 0.6 is 11.3 Å². The van der Waals surface area contributed by atoms with Crippen molar-refractivity contribution < 1.29 is 0 Å². The molecule has 0 spiro atoms. The Morgan fingerprint density at radius 3 is 1.95 bits per heavy atom. The first-order valence-electron chi connectivity index (χ1n) is 13.3. The first kappa shape index (κ1) is 22.9. The number of aromatic nitrogens is 3. The second kappa shape index (κ2) is 9.30. The molecule has 3 heterocycles. The number of hydrogen-bond donors (Lipinski definition) is 0. The molecule has 8 aromatic rings. The zero-order valence-electron chi connectivity index (χ0n) is 21.5. The lowest BCUT2D eigenvalue weighted by Crippen LogP contribution is -1.98. The van der Waals surface area contributed by atoms with Crippen LogP contribution in [0.5, 0.6) is 0 Å². The van der Waals surface area contributed by atoms with Gasteiger partial charge in [0.15, 0.2) is 5.82 Å². The van der Waals surface area contributed by atoms with Crippen molar-refractivity contribution in [2.75, 3.05) is 0 Å². The number of hydrogen-bond acceptors (Lipinski definition) is 3. The number of thiophene rings is 1. The van der Waals surface area contributed by atoms with E-state index in [4.69, 9.17) is 9.97 Å². The van der Waals surface area contributed by atoms with Gasteiger partial charge in [0, 0.05) is 37.9 Å². The maximum Gasteiger partial charge on any atom is 0.160 e. The molecule has 0 aliphatic rings. The minimum atomic E-state index is 0.712. The van der Waals surface area contributed by atoms with E-state index >= 15 is 0 Å². The SMILES string of the molecule is c1ccc(-c2cc(-c3ccccc3)nc(-c3cccc(-n4c5ccccc5c5c6sccc6ccc54)c3)n2)cc1. The summed E-state index contributed by atoms with van der Waals surface area (Å²) < 4.78 is 3.70. The smallest absolute Gasteiger partial charge is 0.160 e. The average Bonchev–Trinajstić information content (AvgIpc) is 3.64. The van der Waals surface area contributed by atoms with Gasteiger partial charge in [0.25, 0.3) is 0 Å². The molecule has 0 saturated heterocycles. The van der Waals surface area contributed by atoms with E-state index in [9.17, 15) is 0 Å². The predicted octanol–water partition coefficient (Wildman–Crippen LogP) is 9.79. The third kappa shape index (κ3) is 3.73. The van der Waals surface area contributed by atoms with Crippen molar-refractivity contribution in [1.82, 2.24) is 14.5 Å². The van der Waals surface area contributed by atoms with E-state index in [1.807, 2.05) is 36.4 Å². The summed E-state index contributed by atoms with van der Waals surface area (Å²) in [5.41, 5.74) is 8.43. The Kier molecular flexibility index (Phi) is 5.32. The van der Waals surface area contributed by atoms with E-state index in [1.54, 1.807) is 11.3 Å². The summed E-state index contributed by atoms with van der Waals surface area (Å²) in [7, 11) is 0. The zero-order chi connectivity index (χ0) is 26.5. The zero-order valence-corrected chi connectivity index (χ0v) is 22.3. The number of benzene rings is 5. The lowest BCUT2D eigenvalue weighted by atomic mass is 10.1. The van der Waals surface area contributed by atoms with Crippen molar-refractivity contribution in [3.63, 3.8) is 0 Å². The maximum atomic E-state index is 5.06. The molecule has 0 fully saturated rings. The van der Waals surface area contributed by atoms with Crippen LogP contribution in [0.2, 0.25) is 0 Å². The van der Waals surface area contributed by atoms with E-state index in [1.165, 1.54) is 31.9 Å². The normalized spacial score (nSPS) is 11.5. The molecule has 40 heavy (non-hydrogen) atoms. The Hall–Kier alpha value is -5.06. The standard InChI is InChI=1S/C36H23N3S/c1-3-10-24(11-4-1)30-23-31(25-12-5-2-6-13-25)38-36(37-30)27-14-9-15-28(22-27)39-32-17-8-7-16-29(32)34-33(39)19-18-26-20-21-40-35(26)34/h1-23H. The van der Waals surface area contributed by atoms with Crippen molar-refractivity contribution in [1.29, 1.82) is 0 Å². The minimum Gasteiger partial charge on any atom is -0.309 e. The highest BCUT2D eigenvalue weighted by Gasteiger charge is 2.16. The lowest BCUT2D eigenvalue weighted by Gasteiger charge is -2.12. The third-order valence-electron chi connectivity index (χ3n) is 7.48. The molecular weight excluding hydrogens is 506 g/mol. The molecular formula is C36H23N3S. The summed E-state index contributed by atoms with van der Waals surface area (Å²) >= 11 is 1.81. The summed E-state index contributed by atoms with van der Waals surface area (Å²) in [6.07, 6.45) is 0. The first-order valence-corrected chi connectivity index (χ1v) is 14.2. The molecule has 188 valence electrons. The Balaban J connectivity index is 1.35. The quantitative estimate of drug-likeness (QED) is 0.227. The van der Waals surface area contributed by atoms with Crippen LogP contribution < -0.4 is 0 Å². The molecule has 5 aromatic carbocycles. The van der Waals surface area contributed by atoms with Crippen molar-refractivity contribution in [2.45, 2.75) is 0 Å². The summed E-state index contributed by atoms with van der Waals surface area (Å²) in [6, 6.07) is 46.7. The predicted molar refractivity (Wildman–Crippen MR) is 168 cm³/mol. The highest BCUT2D eigenvalue weighted by atomic mass is 32.1. The Morgan fingerprint density at radius 1 is 0.525 bits per heavy atom. The molecule has 0 saturated carbocycles. The van der Waals surface area contributed by atoms with Gasteiger partial charge in [-0.05, 0) is 47.2 Å². The Bertz CT molecular complexity index is 2100. The van der Waals surface area contributed by atoms with Crippen LogP contribution in [0.4, 0.5) is 0 Å². The largest absolute Gasteiger partial charge is 0.309 e. The van der Waals surface area contributed by atoms with Crippen molar-refractivity contribution in [3.8, 4) is 39.6 Å². The fourth-order valence-corrected chi connectivity index (χ4v) is 6.59. The van der Waals surface area contributed by atoms with Crippen molar-refractivity contribution in [3.05, 3.63) is 139 Å². The molecule has 0 N–H and O–H groups in total. The van der Waals surface area contributed by atoms with E-state index in [-0.39, 0.29) is 0 Å². The number of rotatable bonds is 4. The van der Waals surface area contributed by atoms with Crippen molar-refractivity contribution >= 4 is 43.2 Å². The van der Waals surface area contributed by atoms with Crippen LogP contribution in [-0.2, 0) is 0 Å². The summed E-state index contributed by atoms with van der Waals surface area (Å²) in [6.45, 7) is 0. The van der Waals surface area contributed by atoms with Gasteiger partial charge in [-0.1, -0.05) is 97.1 Å². The molecule has 0 unspecified atom stereocenters. The van der Waals surface area contributed by atoms with Gasteiger partial charge in [0.05, 0.1) is 22.4 Å². The topological polar surface area (TPSA) is 30.7 Å². The van der Waals surface area contributed by atoms with Gasteiger partial charge >= 0.3 is 0 Å². The average molecular weight is 530 g/mol. The van der Waals surface area contributed by atoms with Gasteiger partial charge in [0.2, 0.25) is 0 Å². The Labute approximate surface area is 235 Å². The molecule has 8 rings (SSSR count). The van der Waals surface area contributed by atoms with Gasteiger partial charge in [-0.2, -0.15) is 0 Å². The van der Waals surface area contributed by atoms with Gasteiger partial charge in [0.1, 0.15) is 0 Å². The highest BCUT2D eigenvalue weighted by molar-refractivity contribution is 7.18. The first-order chi connectivity index (χ1) is 19.8. The molecule has 0 bridgehead atoms. The van der Waals surface area contributed by atoms with Gasteiger partial charge < -0.3 is 4.57 Å². The molecule has 0 aliphatic heterocycles. The monoisotopic (exact) mass is 529 g/mol. The molecule has 0 radical (unpaired) electrons. The second-order valence-electron chi connectivity index (χ2n) is 9.90. The Morgan fingerprint density at radius 2 is 1.20 bits per heavy atom. The van der Waals surface area contributed by atoms with Gasteiger partial charge in [-0.15, -0.1) is 11.3 Å². The lowest BCUT2D eigenvalue weighted by molar-refractivity contribution is 1.16. The van der Waals surface area contributed by atoms with Crippen molar-refractivity contribution in [2.24, 2.45) is 0 Å². The number of nitrogens with zero attached hydrogens (tertiary/aromatic N) is 3. The fraction of sp³-hybridized carbons (Fsp3) is 0. The van der Waals surface area contributed by atoms with Crippen LogP contribution in [-0.4, -0.2) is 14.5 Å². The van der Waals surface area contributed by atoms with Crippen LogP contribution in [0.15, 0.2) is 139 Å². The molecule has 0 atom stereocenters. The summed E-state index contributed by atoms with van der Waals surface area (Å²) in [5, 5.41) is 6.04. The van der Waals surface area contributed by atoms with Crippen LogP contribution in [0, 0.1) is 0 Å².